The third-order valence-electron chi connectivity index (χ3n) is 3.47. The van der Waals surface area contributed by atoms with Crippen LogP contribution in [-0.4, -0.2) is 11.8 Å². The Labute approximate surface area is 140 Å². The van der Waals surface area contributed by atoms with Crippen molar-refractivity contribution in [3.8, 4) is 0 Å². The largest absolute Gasteiger partial charge is 0.465 e. The van der Waals surface area contributed by atoms with Gasteiger partial charge in [0, 0.05) is 19.4 Å². The molecule has 2 rings (SSSR count). The summed E-state index contributed by atoms with van der Waals surface area (Å²) in [5.74, 6) is 0.958. The summed E-state index contributed by atoms with van der Waals surface area (Å²) in [5.41, 5.74) is 0.830. The molecule has 128 valence electrons. The molecule has 0 atom stereocenters. The maximum Gasteiger partial charge on any atom is 0.220 e. The topological polar surface area (TPSA) is 71.3 Å². The summed E-state index contributed by atoms with van der Waals surface area (Å²) in [7, 11) is 0. The molecule has 2 aromatic rings. The monoisotopic (exact) mass is 332 g/mol. The van der Waals surface area contributed by atoms with E-state index < -0.39 is 0 Å². The number of carbonyl (C=O) groups excluding carboxylic acids is 2. The molecule has 24 heavy (non-hydrogen) atoms. The Kier molecular flexibility index (Phi) is 6.54. The molecule has 0 aliphatic rings. The molecule has 5 nitrogen and oxygen atoms in total. The average molecular weight is 332 g/mol. The SMILES string of the molecule is Cc1ccc(CNC(=O)CCCC(=O)NCc2ccc(F)cc2)o1. The number of hydrogen-bond acceptors (Lipinski definition) is 3. The van der Waals surface area contributed by atoms with Crippen LogP contribution >= 0.6 is 0 Å². The molecule has 1 aromatic carbocycles. The summed E-state index contributed by atoms with van der Waals surface area (Å²) in [5, 5.41) is 5.49. The highest BCUT2D eigenvalue weighted by molar-refractivity contribution is 5.78. The fourth-order valence-electron chi connectivity index (χ4n) is 2.16. The van der Waals surface area contributed by atoms with E-state index in [2.05, 4.69) is 10.6 Å². The molecule has 2 N–H and O–H groups in total. The van der Waals surface area contributed by atoms with Gasteiger partial charge in [0.1, 0.15) is 17.3 Å². The van der Waals surface area contributed by atoms with Crippen LogP contribution in [0.15, 0.2) is 40.8 Å². The first-order valence-corrected chi connectivity index (χ1v) is 7.86. The number of amides is 2. The fourth-order valence-corrected chi connectivity index (χ4v) is 2.16. The lowest BCUT2D eigenvalue weighted by Gasteiger charge is -2.06. The first kappa shape index (κ1) is 17.7. The Balaban J connectivity index is 1.58. The molecule has 0 unspecified atom stereocenters. The second-order valence-electron chi connectivity index (χ2n) is 5.55. The van der Waals surface area contributed by atoms with Crippen LogP contribution in [0.5, 0.6) is 0 Å². The smallest absolute Gasteiger partial charge is 0.220 e. The highest BCUT2D eigenvalue weighted by Crippen LogP contribution is 2.06. The van der Waals surface area contributed by atoms with Gasteiger partial charge < -0.3 is 15.1 Å². The molecule has 0 aliphatic carbocycles. The Morgan fingerprint density at radius 3 is 2.17 bits per heavy atom. The van der Waals surface area contributed by atoms with Crippen molar-refractivity contribution in [1.82, 2.24) is 10.6 Å². The summed E-state index contributed by atoms with van der Waals surface area (Å²) in [6, 6.07) is 9.61. The van der Waals surface area contributed by atoms with Crippen molar-refractivity contribution in [2.75, 3.05) is 0 Å². The third kappa shape index (κ3) is 6.24. The number of nitrogens with one attached hydrogen (secondary N) is 2. The number of hydrogen-bond donors (Lipinski definition) is 2. The predicted octanol–water partition coefficient (Wildman–Crippen LogP) is 2.83. The third-order valence-corrected chi connectivity index (χ3v) is 3.47. The van der Waals surface area contributed by atoms with Crippen LogP contribution in [0, 0.1) is 12.7 Å². The van der Waals surface area contributed by atoms with Gasteiger partial charge in [-0.05, 0) is 43.2 Å². The molecule has 0 fully saturated rings. The summed E-state index contributed by atoms with van der Waals surface area (Å²) in [6.45, 7) is 2.54. The molecule has 0 radical (unpaired) electrons. The van der Waals surface area contributed by atoms with Crippen molar-refractivity contribution in [3.05, 3.63) is 59.3 Å². The summed E-state index contributed by atoms with van der Waals surface area (Å²) in [4.78, 5) is 23.4. The van der Waals surface area contributed by atoms with Crippen molar-refractivity contribution in [2.45, 2.75) is 39.3 Å². The first-order chi connectivity index (χ1) is 11.5. The van der Waals surface area contributed by atoms with Crippen LogP contribution in [0.3, 0.4) is 0 Å². The van der Waals surface area contributed by atoms with E-state index in [0.717, 1.165) is 11.3 Å². The molecule has 6 heteroatoms. The minimum absolute atomic E-state index is 0.115. The van der Waals surface area contributed by atoms with E-state index in [0.29, 0.717) is 25.3 Å². The number of furan rings is 1. The van der Waals surface area contributed by atoms with Crippen LogP contribution in [0.2, 0.25) is 0 Å². The zero-order chi connectivity index (χ0) is 17.4. The average Bonchev–Trinajstić information content (AvgIpc) is 2.98. The zero-order valence-electron chi connectivity index (χ0n) is 13.6. The van der Waals surface area contributed by atoms with Gasteiger partial charge in [-0.15, -0.1) is 0 Å². The Hall–Kier alpha value is -2.63. The Morgan fingerprint density at radius 2 is 1.58 bits per heavy atom. The van der Waals surface area contributed by atoms with Crippen LogP contribution in [0.25, 0.3) is 0 Å². The van der Waals surface area contributed by atoms with E-state index in [9.17, 15) is 14.0 Å². The highest BCUT2D eigenvalue weighted by Gasteiger charge is 2.06. The number of halogens is 1. The van der Waals surface area contributed by atoms with Crippen LogP contribution < -0.4 is 10.6 Å². The second-order valence-corrected chi connectivity index (χ2v) is 5.55. The van der Waals surface area contributed by atoms with Crippen LogP contribution in [-0.2, 0) is 22.7 Å². The van der Waals surface area contributed by atoms with Crippen molar-refractivity contribution >= 4 is 11.8 Å². The fraction of sp³-hybridized carbons (Fsp3) is 0.333. The lowest BCUT2D eigenvalue weighted by Crippen LogP contribution is -2.25. The molecule has 0 aliphatic heterocycles. The maximum absolute atomic E-state index is 12.8. The first-order valence-electron chi connectivity index (χ1n) is 7.86. The molecule has 2 amide bonds. The van der Waals surface area contributed by atoms with Gasteiger partial charge in [0.25, 0.3) is 0 Å². The molecule has 1 heterocycles. The minimum atomic E-state index is -0.305. The van der Waals surface area contributed by atoms with Crippen molar-refractivity contribution < 1.29 is 18.4 Å². The summed E-state index contributed by atoms with van der Waals surface area (Å²) < 4.78 is 18.1. The van der Waals surface area contributed by atoms with E-state index >= 15 is 0 Å². The molecule has 1 aromatic heterocycles. The quantitative estimate of drug-likeness (QED) is 0.781. The number of aryl methyl sites for hydroxylation is 1. The molecule has 0 saturated heterocycles. The maximum atomic E-state index is 12.8. The molecular formula is C18H21FN2O3. The van der Waals surface area contributed by atoms with E-state index in [1.165, 1.54) is 12.1 Å². The Bertz CT molecular complexity index is 680. The van der Waals surface area contributed by atoms with Crippen LogP contribution in [0.4, 0.5) is 4.39 Å². The van der Waals surface area contributed by atoms with Crippen LogP contribution in [0.1, 0.15) is 36.3 Å². The van der Waals surface area contributed by atoms with Crippen molar-refractivity contribution in [1.29, 1.82) is 0 Å². The van der Waals surface area contributed by atoms with E-state index in [-0.39, 0.29) is 30.5 Å². The van der Waals surface area contributed by atoms with Gasteiger partial charge in [-0.3, -0.25) is 9.59 Å². The summed E-state index contributed by atoms with van der Waals surface area (Å²) in [6.07, 6.45) is 1.02. The van der Waals surface area contributed by atoms with Crippen molar-refractivity contribution in [2.24, 2.45) is 0 Å². The number of benzene rings is 1. The van der Waals surface area contributed by atoms with Gasteiger partial charge in [0.15, 0.2) is 0 Å². The zero-order valence-corrected chi connectivity index (χ0v) is 13.6. The van der Waals surface area contributed by atoms with Gasteiger partial charge in [0.2, 0.25) is 11.8 Å². The van der Waals surface area contributed by atoms with Gasteiger partial charge in [-0.25, -0.2) is 4.39 Å². The van der Waals surface area contributed by atoms with Crippen molar-refractivity contribution in [3.63, 3.8) is 0 Å². The standard InChI is InChI=1S/C18H21FN2O3/c1-13-5-10-16(24-13)12-21-18(23)4-2-3-17(22)20-11-14-6-8-15(19)9-7-14/h5-10H,2-4,11-12H2,1H3,(H,20,22)(H,21,23). The van der Waals surface area contributed by atoms with E-state index in [4.69, 9.17) is 4.42 Å². The summed E-state index contributed by atoms with van der Waals surface area (Å²) >= 11 is 0. The molecular weight excluding hydrogens is 311 g/mol. The molecule has 0 saturated carbocycles. The molecule has 0 spiro atoms. The predicted molar refractivity (Wildman–Crippen MR) is 87.4 cm³/mol. The number of carbonyl (C=O) groups is 2. The van der Waals surface area contributed by atoms with E-state index in [1.807, 2.05) is 19.1 Å². The van der Waals surface area contributed by atoms with Gasteiger partial charge in [0.05, 0.1) is 6.54 Å². The van der Waals surface area contributed by atoms with E-state index in [1.54, 1.807) is 12.1 Å². The minimum Gasteiger partial charge on any atom is -0.465 e. The highest BCUT2D eigenvalue weighted by atomic mass is 19.1. The van der Waals surface area contributed by atoms with Gasteiger partial charge >= 0.3 is 0 Å². The Morgan fingerprint density at radius 1 is 0.958 bits per heavy atom. The van der Waals surface area contributed by atoms with Gasteiger partial charge in [-0.1, -0.05) is 12.1 Å². The number of rotatable bonds is 8. The lowest BCUT2D eigenvalue weighted by atomic mass is 10.2. The lowest BCUT2D eigenvalue weighted by molar-refractivity contribution is -0.122. The van der Waals surface area contributed by atoms with Gasteiger partial charge in [-0.2, -0.15) is 0 Å². The second kappa shape index (κ2) is 8.86. The normalized spacial score (nSPS) is 10.4. The molecule has 0 bridgehead atoms.